The number of imidazole rings is 1. The van der Waals surface area contributed by atoms with Crippen molar-refractivity contribution in [2.45, 2.75) is 19.3 Å². The summed E-state index contributed by atoms with van der Waals surface area (Å²) < 4.78 is 1.55. The molecule has 0 aliphatic heterocycles. The van der Waals surface area contributed by atoms with Crippen LogP contribution in [0.25, 0.3) is 5.69 Å². The first kappa shape index (κ1) is 16.7. The summed E-state index contributed by atoms with van der Waals surface area (Å²) in [6.45, 7) is 1.84. The fourth-order valence-electron chi connectivity index (χ4n) is 3.36. The number of carbonyl (C=O) groups excluding carboxylic acids is 1. The molecule has 1 amide bonds. The molecule has 26 heavy (non-hydrogen) atoms. The number of hydrogen-bond donors (Lipinski definition) is 2. The molecule has 1 saturated carbocycles. The molecule has 132 valence electrons. The van der Waals surface area contributed by atoms with E-state index in [4.69, 9.17) is 11.6 Å². The van der Waals surface area contributed by atoms with E-state index >= 15 is 0 Å². The highest BCUT2D eigenvalue weighted by Gasteiger charge is 2.44. The lowest BCUT2D eigenvalue weighted by Gasteiger charge is -2.12. The van der Waals surface area contributed by atoms with Crippen LogP contribution in [0.3, 0.4) is 0 Å². The molecule has 1 heterocycles. The molecule has 2 atom stereocenters. The SMILES string of the molecule is Cc1c[nH]c(=O)n1-c1ccccc1NC(=O)C1CC1c1ccccc1Cl. The molecule has 0 saturated heterocycles. The van der Waals surface area contributed by atoms with Crippen LogP contribution in [0.5, 0.6) is 0 Å². The number of nitrogens with zero attached hydrogens (tertiary/aromatic N) is 1. The summed E-state index contributed by atoms with van der Waals surface area (Å²) in [6.07, 6.45) is 2.43. The number of hydrogen-bond acceptors (Lipinski definition) is 2. The first-order chi connectivity index (χ1) is 12.6. The van der Waals surface area contributed by atoms with E-state index in [1.54, 1.807) is 16.8 Å². The van der Waals surface area contributed by atoms with Gasteiger partial charge in [-0.15, -0.1) is 0 Å². The standard InChI is InChI=1S/C20H18ClN3O2/c1-12-11-22-20(26)24(12)18-9-5-4-8-17(18)23-19(25)15-10-14(15)13-6-2-3-7-16(13)21/h2-9,11,14-15H,10H2,1H3,(H,22,26)(H,23,25). The monoisotopic (exact) mass is 367 g/mol. The second-order valence-corrected chi connectivity index (χ2v) is 6.95. The number of aromatic amines is 1. The zero-order chi connectivity index (χ0) is 18.3. The number of para-hydroxylation sites is 2. The number of rotatable bonds is 4. The Balaban J connectivity index is 1.57. The number of H-pyrrole nitrogens is 1. The van der Waals surface area contributed by atoms with Crippen LogP contribution in [-0.4, -0.2) is 15.5 Å². The Morgan fingerprint density at radius 1 is 1.19 bits per heavy atom. The molecule has 1 fully saturated rings. The van der Waals surface area contributed by atoms with Crippen LogP contribution < -0.4 is 11.0 Å². The Kier molecular flexibility index (Phi) is 4.17. The lowest BCUT2D eigenvalue weighted by atomic mass is 10.1. The molecule has 6 heteroatoms. The van der Waals surface area contributed by atoms with Gasteiger partial charge in [0, 0.05) is 22.8 Å². The maximum atomic E-state index is 12.7. The molecule has 1 aliphatic carbocycles. The molecule has 1 aliphatic rings. The highest BCUT2D eigenvalue weighted by atomic mass is 35.5. The topological polar surface area (TPSA) is 66.9 Å². The number of halogens is 1. The van der Waals surface area contributed by atoms with Crippen LogP contribution >= 0.6 is 11.6 Å². The number of carbonyl (C=O) groups is 1. The summed E-state index contributed by atoms with van der Waals surface area (Å²) in [5.74, 6) is -0.0109. The van der Waals surface area contributed by atoms with Gasteiger partial charge in [0.15, 0.2) is 0 Å². The number of aryl methyl sites for hydroxylation is 1. The summed E-state index contributed by atoms with van der Waals surface area (Å²) >= 11 is 6.24. The normalized spacial score (nSPS) is 18.5. The van der Waals surface area contributed by atoms with Crippen molar-refractivity contribution in [2.24, 2.45) is 5.92 Å². The van der Waals surface area contributed by atoms with Gasteiger partial charge in [-0.1, -0.05) is 41.9 Å². The fraction of sp³-hybridized carbons (Fsp3) is 0.200. The third-order valence-electron chi connectivity index (χ3n) is 4.80. The summed E-state index contributed by atoms with van der Waals surface area (Å²) in [6, 6.07) is 14.9. The van der Waals surface area contributed by atoms with Gasteiger partial charge in [-0.2, -0.15) is 0 Å². The van der Waals surface area contributed by atoms with Gasteiger partial charge < -0.3 is 10.3 Å². The van der Waals surface area contributed by atoms with Crippen molar-refractivity contribution >= 4 is 23.2 Å². The minimum absolute atomic E-state index is 0.0522. The van der Waals surface area contributed by atoms with E-state index in [0.29, 0.717) is 16.4 Å². The number of benzene rings is 2. The average molecular weight is 368 g/mol. The van der Waals surface area contributed by atoms with Crippen LogP contribution in [0.2, 0.25) is 5.02 Å². The Labute approximate surface area is 155 Å². The predicted molar refractivity (Wildman–Crippen MR) is 102 cm³/mol. The first-order valence-electron chi connectivity index (χ1n) is 8.48. The fourth-order valence-corrected chi connectivity index (χ4v) is 3.63. The molecule has 0 spiro atoms. The van der Waals surface area contributed by atoms with Gasteiger partial charge in [0.05, 0.1) is 11.4 Å². The highest BCUT2D eigenvalue weighted by Crippen LogP contribution is 2.50. The minimum atomic E-state index is -0.232. The lowest BCUT2D eigenvalue weighted by molar-refractivity contribution is -0.117. The van der Waals surface area contributed by atoms with E-state index in [2.05, 4.69) is 10.3 Å². The molecule has 0 bridgehead atoms. The van der Waals surface area contributed by atoms with E-state index in [-0.39, 0.29) is 23.4 Å². The van der Waals surface area contributed by atoms with E-state index < -0.39 is 0 Å². The van der Waals surface area contributed by atoms with Crippen LogP contribution in [0.15, 0.2) is 59.5 Å². The van der Waals surface area contributed by atoms with Crippen LogP contribution in [0, 0.1) is 12.8 Å². The largest absolute Gasteiger partial charge is 0.330 e. The van der Waals surface area contributed by atoms with Crippen molar-refractivity contribution in [3.8, 4) is 5.69 Å². The minimum Gasteiger partial charge on any atom is -0.324 e. The Bertz CT molecular complexity index is 1040. The number of amides is 1. The summed E-state index contributed by atoms with van der Waals surface area (Å²) in [5.41, 5.74) is 2.83. The summed E-state index contributed by atoms with van der Waals surface area (Å²) in [7, 11) is 0. The Hall–Kier alpha value is -2.79. The molecular weight excluding hydrogens is 350 g/mol. The van der Waals surface area contributed by atoms with Crippen molar-refractivity contribution < 1.29 is 4.79 Å². The van der Waals surface area contributed by atoms with Gasteiger partial charge in [-0.3, -0.25) is 9.36 Å². The van der Waals surface area contributed by atoms with Gasteiger partial charge in [0.2, 0.25) is 5.91 Å². The molecule has 2 aromatic carbocycles. The van der Waals surface area contributed by atoms with Crippen LogP contribution in [0.4, 0.5) is 5.69 Å². The Morgan fingerprint density at radius 2 is 1.92 bits per heavy atom. The van der Waals surface area contributed by atoms with Gasteiger partial charge in [0.25, 0.3) is 0 Å². The lowest BCUT2D eigenvalue weighted by Crippen LogP contribution is -2.20. The van der Waals surface area contributed by atoms with E-state index in [1.165, 1.54) is 0 Å². The van der Waals surface area contributed by atoms with Crippen molar-refractivity contribution in [3.05, 3.63) is 81.5 Å². The zero-order valence-corrected chi connectivity index (χ0v) is 15.0. The van der Waals surface area contributed by atoms with Crippen molar-refractivity contribution in [1.29, 1.82) is 0 Å². The smallest absolute Gasteiger partial charge is 0.324 e. The number of nitrogens with one attached hydrogen (secondary N) is 2. The number of aromatic nitrogens is 2. The molecule has 0 radical (unpaired) electrons. The maximum absolute atomic E-state index is 12.7. The van der Waals surface area contributed by atoms with Gasteiger partial charge in [0.1, 0.15) is 0 Å². The molecule has 2 unspecified atom stereocenters. The van der Waals surface area contributed by atoms with Gasteiger partial charge in [-0.25, -0.2) is 4.79 Å². The average Bonchev–Trinajstić information content (AvgIpc) is 3.36. The molecule has 1 aromatic heterocycles. The molecule has 5 nitrogen and oxygen atoms in total. The highest BCUT2D eigenvalue weighted by molar-refractivity contribution is 6.31. The first-order valence-corrected chi connectivity index (χ1v) is 8.86. The van der Waals surface area contributed by atoms with Crippen molar-refractivity contribution in [1.82, 2.24) is 9.55 Å². The maximum Gasteiger partial charge on any atom is 0.330 e. The second kappa shape index (κ2) is 6.50. The molecular formula is C20H18ClN3O2. The number of anilines is 1. The summed E-state index contributed by atoms with van der Waals surface area (Å²) in [4.78, 5) is 27.5. The van der Waals surface area contributed by atoms with E-state index in [1.807, 2.05) is 49.4 Å². The van der Waals surface area contributed by atoms with Crippen LogP contribution in [-0.2, 0) is 4.79 Å². The zero-order valence-electron chi connectivity index (χ0n) is 14.2. The molecule has 2 N–H and O–H groups in total. The van der Waals surface area contributed by atoms with Crippen LogP contribution in [0.1, 0.15) is 23.6 Å². The Morgan fingerprint density at radius 3 is 2.65 bits per heavy atom. The van der Waals surface area contributed by atoms with E-state index in [9.17, 15) is 9.59 Å². The quantitative estimate of drug-likeness (QED) is 0.735. The molecule has 4 rings (SSSR count). The molecule has 3 aromatic rings. The summed E-state index contributed by atoms with van der Waals surface area (Å²) in [5, 5.41) is 3.68. The van der Waals surface area contributed by atoms with Crippen molar-refractivity contribution in [3.63, 3.8) is 0 Å². The van der Waals surface area contributed by atoms with E-state index in [0.717, 1.165) is 17.7 Å². The second-order valence-electron chi connectivity index (χ2n) is 6.55. The predicted octanol–water partition coefficient (Wildman–Crippen LogP) is 3.87. The third-order valence-corrected chi connectivity index (χ3v) is 5.14. The van der Waals surface area contributed by atoms with Crippen molar-refractivity contribution in [2.75, 3.05) is 5.32 Å². The van der Waals surface area contributed by atoms with Gasteiger partial charge >= 0.3 is 5.69 Å². The third kappa shape index (κ3) is 2.95. The van der Waals surface area contributed by atoms with Gasteiger partial charge in [-0.05, 0) is 43.0 Å².